The number of fused-ring (bicyclic) bond motifs is 1. The van der Waals surface area contributed by atoms with E-state index in [9.17, 15) is 0 Å². The lowest BCUT2D eigenvalue weighted by molar-refractivity contribution is 0.607. The molecule has 2 heterocycles. The third kappa shape index (κ3) is 1.79. The van der Waals surface area contributed by atoms with E-state index in [-0.39, 0.29) is 0 Å². The molecule has 0 atom stereocenters. The molecule has 17 heavy (non-hydrogen) atoms. The standard InChI is InChI=1S/C13H11N3O/c14-7-9-6-11-13(15-8-9)17-12(16-11)10-4-2-1-3-5-10/h1-6,8H,7,14H2. The zero-order valence-corrected chi connectivity index (χ0v) is 9.13. The summed E-state index contributed by atoms with van der Waals surface area (Å²) in [6.07, 6.45) is 1.71. The number of hydrogen-bond donors (Lipinski definition) is 1. The van der Waals surface area contributed by atoms with Crippen LogP contribution in [0.1, 0.15) is 5.56 Å². The third-order valence-corrected chi connectivity index (χ3v) is 2.56. The molecule has 0 aliphatic carbocycles. The van der Waals surface area contributed by atoms with Gasteiger partial charge in [-0.15, -0.1) is 0 Å². The van der Waals surface area contributed by atoms with Crippen molar-refractivity contribution in [3.63, 3.8) is 0 Å². The Bertz CT molecular complexity index is 646. The summed E-state index contributed by atoms with van der Waals surface area (Å²) in [4.78, 5) is 8.60. The maximum Gasteiger partial charge on any atom is 0.247 e. The number of pyridine rings is 1. The first kappa shape index (κ1) is 9.99. The Labute approximate surface area is 98.1 Å². The summed E-state index contributed by atoms with van der Waals surface area (Å²) in [6.45, 7) is 0.455. The Balaban J connectivity index is 2.14. The highest BCUT2D eigenvalue weighted by Crippen LogP contribution is 2.22. The number of rotatable bonds is 2. The molecule has 3 rings (SSSR count). The lowest BCUT2D eigenvalue weighted by Gasteiger charge is -1.91. The van der Waals surface area contributed by atoms with E-state index in [2.05, 4.69) is 9.97 Å². The van der Waals surface area contributed by atoms with Gasteiger partial charge in [-0.05, 0) is 23.8 Å². The first-order valence-electron chi connectivity index (χ1n) is 5.38. The molecule has 0 amide bonds. The summed E-state index contributed by atoms with van der Waals surface area (Å²) < 4.78 is 5.59. The van der Waals surface area contributed by atoms with E-state index >= 15 is 0 Å². The summed E-state index contributed by atoms with van der Waals surface area (Å²) in [7, 11) is 0. The van der Waals surface area contributed by atoms with Crippen molar-refractivity contribution in [2.45, 2.75) is 6.54 Å². The van der Waals surface area contributed by atoms with Gasteiger partial charge in [0.15, 0.2) is 0 Å². The lowest BCUT2D eigenvalue weighted by Crippen LogP contribution is -1.96. The van der Waals surface area contributed by atoms with E-state index in [1.165, 1.54) is 0 Å². The van der Waals surface area contributed by atoms with Gasteiger partial charge in [-0.3, -0.25) is 0 Å². The van der Waals surface area contributed by atoms with Crippen LogP contribution in [-0.2, 0) is 6.54 Å². The van der Waals surface area contributed by atoms with Crippen LogP contribution in [0.25, 0.3) is 22.7 Å². The minimum Gasteiger partial charge on any atom is -0.418 e. The molecule has 4 heteroatoms. The van der Waals surface area contributed by atoms with Crippen LogP contribution in [0.15, 0.2) is 47.0 Å². The Hall–Kier alpha value is -2.20. The van der Waals surface area contributed by atoms with Crippen molar-refractivity contribution >= 4 is 11.2 Å². The van der Waals surface area contributed by atoms with Gasteiger partial charge < -0.3 is 10.2 Å². The van der Waals surface area contributed by atoms with Crippen molar-refractivity contribution in [1.29, 1.82) is 0 Å². The quantitative estimate of drug-likeness (QED) is 0.727. The Morgan fingerprint density at radius 2 is 2.00 bits per heavy atom. The molecule has 0 unspecified atom stereocenters. The minimum atomic E-state index is 0.455. The average molecular weight is 225 g/mol. The van der Waals surface area contributed by atoms with Crippen molar-refractivity contribution < 1.29 is 4.42 Å². The molecular weight excluding hydrogens is 214 g/mol. The van der Waals surface area contributed by atoms with E-state index in [4.69, 9.17) is 10.2 Å². The summed E-state index contributed by atoms with van der Waals surface area (Å²) in [5.74, 6) is 0.585. The molecule has 0 aliphatic heterocycles. The van der Waals surface area contributed by atoms with Crippen molar-refractivity contribution in [2.24, 2.45) is 5.73 Å². The van der Waals surface area contributed by atoms with Crippen LogP contribution >= 0.6 is 0 Å². The lowest BCUT2D eigenvalue weighted by atomic mass is 10.2. The molecule has 0 fully saturated rings. The molecule has 2 aromatic heterocycles. The van der Waals surface area contributed by atoms with Crippen LogP contribution in [0.2, 0.25) is 0 Å². The minimum absolute atomic E-state index is 0.455. The zero-order chi connectivity index (χ0) is 11.7. The highest BCUT2D eigenvalue weighted by Gasteiger charge is 2.08. The van der Waals surface area contributed by atoms with Crippen LogP contribution in [0.5, 0.6) is 0 Å². The first-order chi connectivity index (χ1) is 8.36. The van der Waals surface area contributed by atoms with Gasteiger partial charge >= 0.3 is 0 Å². The fourth-order valence-corrected chi connectivity index (χ4v) is 1.68. The summed E-state index contributed by atoms with van der Waals surface area (Å²) in [5.41, 5.74) is 8.74. The smallest absolute Gasteiger partial charge is 0.247 e. The van der Waals surface area contributed by atoms with Crippen molar-refractivity contribution in [3.05, 3.63) is 48.2 Å². The molecule has 4 nitrogen and oxygen atoms in total. The second-order valence-corrected chi connectivity index (χ2v) is 3.76. The summed E-state index contributed by atoms with van der Waals surface area (Å²) in [5, 5.41) is 0. The van der Waals surface area contributed by atoms with Crippen LogP contribution in [0.3, 0.4) is 0 Å². The van der Waals surface area contributed by atoms with Gasteiger partial charge in [-0.2, -0.15) is 0 Å². The number of nitrogens with two attached hydrogens (primary N) is 1. The SMILES string of the molecule is NCc1cnc2oc(-c3ccccc3)nc2c1. The zero-order valence-electron chi connectivity index (χ0n) is 9.13. The van der Waals surface area contributed by atoms with Crippen LogP contribution in [0, 0.1) is 0 Å². The highest BCUT2D eigenvalue weighted by atomic mass is 16.4. The van der Waals surface area contributed by atoms with Crippen molar-refractivity contribution in [3.8, 4) is 11.5 Å². The Kier molecular flexibility index (Phi) is 2.34. The molecular formula is C13H11N3O. The molecule has 1 aromatic carbocycles. The number of hydrogen-bond acceptors (Lipinski definition) is 4. The van der Waals surface area contributed by atoms with E-state index in [0.29, 0.717) is 18.1 Å². The molecule has 0 aliphatic rings. The highest BCUT2D eigenvalue weighted by molar-refractivity contribution is 5.73. The number of benzene rings is 1. The molecule has 0 bridgehead atoms. The number of aromatic nitrogens is 2. The molecule has 0 saturated carbocycles. The number of nitrogens with zero attached hydrogens (tertiary/aromatic N) is 2. The maximum atomic E-state index is 5.59. The fourth-order valence-electron chi connectivity index (χ4n) is 1.68. The Morgan fingerprint density at radius 1 is 1.18 bits per heavy atom. The van der Waals surface area contributed by atoms with E-state index in [0.717, 1.165) is 16.6 Å². The normalized spacial score (nSPS) is 10.9. The molecule has 0 saturated heterocycles. The fraction of sp³-hybridized carbons (Fsp3) is 0.0769. The number of oxazole rings is 1. The maximum absolute atomic E-state index is 5.59. The summed E-state index contributed by atoms with van der Waals surface area (Å²) in [6, 6.07) is 11.7. The van der Waals surface area contributed by atoms with Gasteiger partial charge in [0.1, 0.15) is 5.52 Å². The van der Waals surface area contributed by atoms with Crippen LogP contribution in [-0.4, -0.2) is 9.97 Å². The van der Waals surface area contributed by atoms with Crippen molar-refractivity contribution in [2.75, 3.05) is 0 Å². The van der Waals surface area contributed by atoms with Crippen LogP contribution < -0.4 is 5.73 Å². The molecule has 3 aromatic rings. The largest absolute Gasteiger partial charge is 0.418 e. The van der Waals surface area contributed by atoms with Gasteiger partial charge in [0.25, 0.3) is 0 Å². The van der Waals surface area contributed by atoms with Crippen LogP contribution in [0.4, 0.5) is 0 Å². The predicted octanol–water partition coefficient (Wildman–Crippen LogP) is 2.35. The van der Waals surface area contributed by atoms with Gasteiger partial charge in [0, 0.05) is 18.3 Å². The second-order valence-electron chi connectivity index (χ2n) is 3.76. The molecule has 0 spiro atoms. The van der Waals surface area contributed by atoms with Gasteiger partial charge in [0.2, 0.25) is 11.6 Å². The average Bonchev–Trinajstić information content (AvgIpc) is 2.82. The van der Waals surface area contributed by atoms with Gasteiger partial charge in [-0.1, -0.05) is 18.2 Å². The van der Waals surface area contributed by atoms with Crippen molar-refractivity contribution in [1.82, 2.24) is 9.97 Å². The van der Waals surface area contributed by atoms with E-state index in [1.807, 2.05) is 36.4 Å². The molecule has 84 valence electrons. The Morgan fingerprint density at radius 3 is 2.76 bits per heavy atom. The predicted molar refractivity (Wildman–Crippen MR) is 65.1 cm³/mol. The van der Waals surface area contributed by atoms with E-state index < -0.39 is 0 Å². The summed E-state index contributed by atoms with van der Waals surface area (Å²) >= 11 is 0. The second kappa shape index (κ2) is 3.99. The topological polar surface area (TPSA) is 64.9 Å². The van der Waals surface area contributed by atoms with Gasteiger partial charge in [0.05, 0.1) is 0 Å². The monoisotopic (exact) mass is 225 g/mol. The van der Waals surface area contributed by atoms with E-state index in [1.54, 1.807) is 6.20 Å². The first-order valence-corrected chi connectivity index (χ1v) is 5.38. The molecule has 0 radical (unpaired) electrons. The molecule has 2 N–H and O–H groups in total. The van der Waals surface area contributed by atoms with Gasteiger partial charge in [-0.25, -0.2) is 9.97 Å². The third-order valence-electron chi connectivity index (χ3n) is 2.56.